The quantitative estimate of drug-likeness (QED) is 0.875. The summed E-state index contributed by atoms with van der Waals surface area (Å²) in [6.07, 6.45) is 2.61. The van der Waals surface area contributed by atoms with Crippen LogP contribution in [0.15, 0.2) is 47.4 Å². The molecule has 0 unspecified atom stereocenters. The molecule has 1 aromatic heterocycles. The lowest BCUT2D eigenvalue weighted by molar-refractivity contribution is 0.318. The van der Waals surface area contributed by atoms with Crippen LogP contribution in [-0.4, -0.2) is 11.6 Å². The van der Waals surface area contributed by atoms with Crippen LogP contribution in [0.4, 0.5) is 0 Å². The minimum atomic E-state index is -0.0101. The first-order chi connectivity index (χ1) is 8.31. The molecule has 88 valence electrons. The largest absolute Gasteiger partial charge is 0.493 e. The SMILES string of the molecule is CCCOc1ccccc1-c1cc(=O)cc[nH]1. The van der Waals surface area contributed by atoms with E-state index in [1.54, 1.807) is 12.3 Å². The smallest absolute Gasteiger partial charge is 0.182 e. The van der Waals surface area contributed by atoms with E-state index in [0.717, 1.165) is 23.4 Å². The Morgan fingerprint density at radius 1 is 1.24 bits per heavy atom. The van der Waals surface area contributed by atoms with Crippen molar-refractivity contribution >= 4 is 0 Å². The van der Waals surface area contributed by atoms with Crippen molar-refractivity contribution in [2.45, 2.75) is 13.3 Å². The van der Waals surface area contributed by atoms with Crippen LogP contribution in [-0.2, 0) is 0 Å². The van der Waals surface area contributed by atoms with Gasteiger partial charge in [-0.1, -0.05) is 19.1 Å². The number of pyridine rings is 1. The molecule has 17 heavy (non-hydrogen) atoms. The molecule has 1 heterocycles. The second-order valence-corrected chi connectivity index (χ2v) is 3.78. The molecule has 1 aromatic carbocycles. The van der Waals surface area contributed by atoms with Crippen LogP contribution in [0.1, 0.15) is 13.3 Å². The van der Waals surface area contributed by atoms with Crippen LogP contribution in [0.3, 0.4) is 0 Å². The molecule has 3 heteroatoms. The van der Waals surface area contributed by atoms with Gasteiger partial charge in [0.25, 0.3) is 0 Å². The van der Waals surface area contributed by atoms with Crippen molar-refractivity contribution in [1.29, 1.82) is 0 Å². The van der Waals surface area contributed by atoms with E-state index >= 15 is 0 Å². The van der Waals surface area contributed by atoms with Gasteiger partial charge in [-0.2, -0.15) is 0 Å². The summed E-state index contributed by atoms with van der Waals surface area (Å²) in [4.78, 5) is 14.4. The van der Waals surface area contributed by atoms with Gasteiger partial charge in [-0.15, -0.1) is 0 Å². The number of hydrogen-bond donors (Lipinski definition) is 1. The Labute approximate surface area is 100 Å². The van der Waals surface area contributed by atoms with E-state index in [9.17, 15) is 4.79 Å². The Bertz CT molecular complexity index is 546. The van der Waals surface area contributed by atoms with Crippen molar-refractivity contribution in [3.05, 3.63) is 52.8 Å². The summed E-state index contributed by atoms with van der Waals surface area (Å²) in [6.45, 7) is 2.74. The molecule has 2 rings (SSSR count). The van der Waals surface area contributed by atoms with Crippen LogP contribution >= 0.6 is 0 Å². The molecule has 3 nitrogen and oxygen atoms in total. The highest BCUT2D eigenvalue weighted by Crippen LogP contribution is 2.27. The van der Waals surface area contributed by atoms with Gasteiger partial charge >= 0.3 is 0 Å². The monoisotopic (exact) mass is 229 g/mol. The van der Waals surface area contributed by atoms with Gasteiger partial charge in [0.2, 0.25) is 0 Å². The van der Waals surface area contributed by atoms with Crippen molar-refractivity contribution in [2.24, 2.45) is 0 Å². The van der Waals surface area contributed by atoms with Gasteiger partial charge in [-0.05, 0) is 18.6 Å². The Morgan fingerprint density at radius 2 is 2.06 bits per heavy atom. The van der Waals surface area contributed by atoms with Crippen LogP contribution < -0.4 is 10.2 Å². The van der Waals surface area contributed by atoms with E-state index < -0.39 is 0 Å². The zero-order valence-corrected chi connectivity index (χ0v) is 9.77. The highest BCUT2D eigenvalue weighted by Gasteiger charge is 2.05. The molecule has 2 aromatic rings. The number of H-pyrrole nitrogens is 1. The molecule has 0 aliphatic carbocycles. The van der Waals surface area contributed by atoms with E-state index in [4.69, 9.17) is 4.74 Å². The third-order valence-electron chi connectivity index (χ3n) is 2.41. The Morgan fingerprint density at radius 3 is 2.82 bits per heavy atom. The zero-order chi connectivity index (χ0) is 12.1. The minimum absolute atomic E-state index is 0.0101. The predicted octanol–water partition coefficient (Wildman–Crippen LogP) is 2.83. The maximum Gasteiger partial charge on any atom is 0.182 e. The maximum atomic E-state index is 11.3. The summed E-state index contributed by atoms with van der Waals surface area (Å²) in [5, 5.41) is 0. The van der Waals surface area contributed by atoms with E-state index in [1.807, 2.05) is 24.3 Å². The normalized spacial score (nSPS) is 10.2. The molecule has 0 fully saturated rings. The first kappa shape index (κ1) is 11.5. The Balaban J connectivity index is 2.40. The fourth-order valence-electron chi connectivity index (χ4n) is 1.63. The van der Waals surface area contributed by atoms with Gasteiger partial charge in [0.05, 0.1) is 12.3 Å². The van der Waals surface area contributed by atoms with Gasteiger partial charge in [0.15, 0.2) is 5.43 Å². The highest BCUT2D eigenvalue weighted by molar-refractivity contribution is 5.66. The average molecular weight is 229 g/mol. The van der Waals surface area contributed by atoms with E-state index in [1.165, 1.54) is 6.07 Å². The van der Waals surface area contributed by atoms with E-state index in [-0.39, 0.29) is 5.43 Å². The Kier molecular flexibility index (Phi) is 3.60. The van der Waals surface area contributed by atoms with Gasteiger partial charge < -0.3 is 9.72 Å². The molecule has 0 aliphatic heterocycles. The molecule has 0 bridgehead atoms. The molecular weight excluding hydrogens is 214 g/mol. The number of nitrogens with one attached hydrogen (secondary N) is 1. The van der Waals surface area contributed by atoms with Crippen molar-refractivity contribution in [1.82, 2.24) is 4.98 Å². The summed E-state index contributed by atoms with van der Waals surface area (Å²) in [5.41, 5.74) is 1.69. The number of benzene rings is 1. The fourth-order valence-corrected chi connectivity index (χ4v) is 1.63. The molecule has 0 saturated heterocycles. The molecule has 0 atom stereocenters. The first-order valence-corrected chi connectivity index (χ1v) is 5.72. The lowest BCUT2D eigenvalue weighted by Gasteiger charge is -2.10. The van der Waals surface area contributed by atoms with Crippen LogP contribution in [0.2, 0.25) is 0 Å². The summed E-state index contributed by atoms with van der Waals surface area (Å²) in [6, 6.07) is 10.8. The van der Waals surface area contributed by atoms with E-state index in [0.29, 0.717) is 6.61 Å². The van der Waals surface area contributed by atoms with E-state index in [2.05, 4.69) is 11.9 Å². The summed E-state index contributed by atoms with van der Waals surface area (Å²) in [7, 11) is 0. The summed E-state index contributed by atoms with van der Waals surface area (Å²) >= 11 is 0. The molecule has 0 spiro atoms. The number of aromatic nitrogens is 1. The highest BCUT2D eigenvalue weighted by atomic mass is 16.5. The standard InChI is InChI=1S/C14H15NO2/c1-2-9-17-14-6-4-3-5-12(14)13-10-11(16)7-8-15-13/h3-8,10H,2,9H2,1H3,(H,15,16). The van der Waals surface area contributed by atoms with Crippen molar-refractivity contribution in [3.8, 4) is 17.0 Å². The van der Waals surface area contributed by atoms with Gasteiger partial charge in [-0.3, -0.25) is 4.79 Å². The molecule has 0 radical (unpaired) electrons. The van der Waals surface area contributed by atoms with Crippen LogP contribution in [0.25, 0.3) is 11.3 Å². The second-order valence-electron chi connectivity index (χ2n) is 3.78. The lowest BCUT2D eigenvalue weighted by Crippen LogP contribution is -2.01. The number of para-hydroxylation sites is 1. The molecule has 0 amide bonds. The molecular formula is C14H15NO2. The molecule has 0 saturated carbocycles. The Hall–Kier alpha value is -2.03. The van der Waals surface area contributed by atoms with Gasteiger partial charge in [0.1, 0.15) is 5.75 Å². The first-order valence-electron chi connectivity index (χ1n) is 5.72. The fraction of sp³-hybridized carbons (Fsp3) is 0.214. The third-order valence-corrected chi connectivity index (χ3v) is 2.41. The second kappa shape index (κ2) is 5.34. The van der Waals surface area contributed by atoms with Crippen LogP contribution in [0, 0.1) is 0 Å². The third kappa shape index (κ3) is 2.75. The van der Waals surface area contributed by atoms with Crippen molar-refractivity contribution < 1.29 is 4.74 Å². The molecule has 1 N–H and O–H groups in total. The maximum absolute atomic E-state index is 11.3. The average Bonchev–Trinajstić information content (AvgIpc) is 2.37. The number of rotatable bonds is 4. The minimum Gasteiger partial charge on any atom is -0.493 e. The zero-order valence-electron chi connectivity index (χ0n) is 9.77. The van der Waals surface area contributed by atoms with Gasteiger partial charge in [0, 0.05) is 23.9 Å². The summed E-state index contributed by atoms with van der Waals surface area (Å²) < 4.78 is 5.66. The number of aromatic amines is 1. The lowest BCUT2D eigenvalue weighted by atomic mass is 10.1. The predicted molar refractivity (Wildman–Crippen MR) is 68.3 cm³/mol. The topological polar surface area (TPSA) is 42.1 Å². The molecule has 0 aliphatic rings. The number of ether oxygens (including phenoxy) is 1. The number of hydrogen-bond acceptors (Lipinski definition) is 2. The van der Waals surface area contributed by atoms with Gasteiger partial charge in [-0.25, -0.2) is 0 Å². The van der Waals surface area contributed by atoms with Crippen LogP contribution in [0.5, 0.6) is 5.75 Å². The van der Waals surface area contributed by atoms with Crippen molar-refractivity contribution in [3.63, 3.8) is 0 Å². The summed E-state index contributed by atoms with van der Waals surface area (Å²) in [5.74, 6) is 0.802. The van der Waals surface area contributed by atoms with Crippen molar-refractivity contribution in [2.75, 3.05) is 6.61 Å².